The molecule has 0 amide bonds. The van der Waals surface area contributed by atoms with Gasteiger partial charge in [0.2, 0.25) is 0 Å². The second kappa shape index (κ2) is 8.42. The van der Waals surface area contributed by atoms with Gasteiger partial charge in [-0.3, -0.25) is 0 Å². The monoisotopic (exact) mass is 354 g/mol. The summed E-state index contributed by atoms with van der Waals surface area (Å²) in [4.78, 5) is 0. The van der Waals surface area contributed by atoms with Gasteiger partial charge in [-0.1, -0.05) is 0 Å². The van der Waals surface area contributed by atoms with Crippen molar-refractivity contribution in [1.82, 2.24) is 0 Å². The van der Waals surface area contributed by atoms with Crippen molar-refractivity contribution >= 4 is 0 Å². The van der Waals surface area contributed by atoms with Gasteiger partial charge in [0.15, 0.2) is 0 Å². The summed E-state index contributed by atoms with van der Waals surface area (Å²) in [6.07, 6.45) is 1.90. The Kier molecular flexibility index (Phi) is 7.89. The van der Waals surface area contributed by atoms with Crippen LogP contribution in [0.25, 0.3) is 0 Å². The molecule has 0 fully saturated rings. The zero-order chi connectivity index (χ0) is 17.2. The van der Waals surface area contributed by atoms with Crippen LogP contribution in [0.2, 0.25) is 0 Å². The third kappa shape index (κ3) is 3.91. The molecule has 0 atom stereocenters. The molecule has 0 bridgehead atoms. The van der Waals surface area contributed by atoms with Crippen LogP contribution in [0.3, 0.4) is 0 Å². The van der Waals surface area contributed by atoms with E-state index in [-0.39, 0.29) is 17.1 Å². The topological polar surface area (TPSA) is 46.1 Å². The van der Waals surface area contributed by atoms with Crippen molar-refractivity contribution in [3.63, 3.8) is 0 Å². The molecule has 0 saturated heterocycles. The summed E-state index contributed by atoms with van der Waals surface area (Å²) in [5.74, 6) is 0. The second-order valence-corrected chi connectivity index (χ2v) is 6.06. The molecule has 2 aliphatic rings. The molecule has 0 aliphatic heterocycles. The summed E-state index contributed by atoms with van der Waals surface area (Å²) in [7, 11) is 0. The normalized spacial score (nSPS) is 17.6. The summed E-state index contributed by atoms with van der Waals surface area (Å²) in [6, 6.07) is 0. The van der Waals surface area contributed by atoms with Gasteiger partial charge in [0, 0.05) is 0 Å². The van der Waals surface area contributed by atoms with Crippen molar-refractivity contribution in [2.75, 3.05) is 0 Å². The Bertz CT molecular complexity index is 568. The summed E-state index contributed by atoms with van der Waals surface area (Å²) in [5.41, 5.74) is 11.3. The molecule has 126 valence electrons. The largest absolute Gasteiger partial charge is 2.00 e. The molecule has 0 saturated carbocycles. The van der Waals surface area contributed by atoms with Crippen LogP contribution in [0.5, 0.6) is 0 Å². The summed E-state index contributed by atoms with van der Waals surface area (Å²) in [6.45, 7) is 16.2. The summed E-state index contributed by atoms with van der Waals surface area (Å²) in [5, 5.41) is 21.2. The van der Waals surface area contributed by atoms with E-state index in [1.807, 2.05) is 27.7 Å². The van der Waals surface area contributed by atoms with Crippen molar-refractivity contribution in [2.45, 2.75) is 55.4 Å². The van der Waals surface area contributed by atoms with Gasteiger partial charge >= 0.3 is 17.1 Å². The third-order valence-corrected chi connectivity index (χ3v) is 5.23. The van der Waals surface area contributed by atoms with Crippen LogP contribution in [-0.2, 0) is 17.1 Å². The fourth-order valence-electron chi connectivity index (χ4n) is 2.85. The first-order valence-electron chi connectivity index (χ1n) is 7.55. The minimum atomic E-state index is 0. The minimum Gasteiger partial charge on any atom is -0.877 e. The molecule has 0 radical (unpaired) electrons. The van der Waals surface area contributed by atoms with Crippen molar-refractivity contribution in [3.8, 4) is 0 Å². The van der Waals surface area contributed by atoms with E-state index in [1.165, 1.54) is 22.3 Å². The molecular formula is C20H26FeO2. The third-order valence-electron chi connectivity index (χ3n) is 5.23. The maximum absolute atomic E-state index is 10.6. The first-order valence-corrected chi connectivity index (χ1v) is 7.55. The maximum atomic E-state index is 10.6. The number of allylic oxidation sites excluding steroid dienone is 10. The predicted octanol–water partition coefficient (Wildman–Crippen LogP) is 3.83. The summed E-state index contributed by atoms with van der Waals surface area (Å²) >= 11 is 0. The Balaban J connectivity index is 0.000000403. The Morgan fingerprint density at radius 1 is 0.435 bits per heavy atom. The number of rotatable bonds is 0. The van der Waals surface area contributed by atoms with Gasteiger partial charge in [-0.15, -0.1) is 12.5 Å². The molecule has 0 heterocycles. The van der Waals surface area contributed by atoms with E-state index < -0.39 is 0 Å². The Morgan fingerprint density at radius 2 is 0.609 bits per heavy atom. The fraction of sp³-hybridized carbons (Fsp3) is 0.400. The molecular weight excluding hydrogens is 328 g/mol. The van der Waals surface area contributed by atoms with Crippen molar-refractivity contribution in [3.05, 3.63) is 68.3 Å². The SMILES string of the molecule is CC1=C(C)C(C)=C(C)C1=C[O-].CC1=C(C)C(C)=C(C)C1=C[O-].[Fe+2]. The average Bonchev–Trinajstić information content (AvgIpc) is 2.81. The average molecular weight is 354 g/mol. The molecule has 0 aromatic rings. The smallest absolute Gasteiger partial charge is 0.877 e. The molecule has 2 nitrogen and oxygen atoms in total. The van der Waals surface area contributed by atoms with Gasteiger partial charge in [0.1, 0.15) is 0 Å². The second-order valence-electron chi connectivity index (χ2n) is 6.06. The van der Waals surface area contributed by atoms with Gasteiger partial charge in [-0.05, 0) is 111 Å². The fourth-order valence-corrected chi connectivity index (χ4v) is 2.85. The van der Waals surface area contributed by atoms with E-state index in [4.69, 9.17) is 0 Å². The standard InChI is InChI=1S/2C10H14O.Fe/c2*1-6-7(2)9(4)10(5-11)8(6)3;/h2*5,11H,1-4H3;/q;;+2/p-2. The molecule has 0 spiro atoms. The first-order chi connectivity index (χ1) is 10.2. The van der Waals surface area contributed by atoms with E-state index >= 15 is 0 Å². The Morgan fingerprint density at radius 3 is 0.696 bits per heavy atom. The molecule has 3 heteroatoms. The molecule has 0 N–H and O–H groups in total. The van der Waals surface area contributed by atoms with Crippen LogP contribution < -0.4 is 10.2 Å². The van der Waals surface area contributed by atoms with E-state index in [9.17, 15) is 10.2 Å². The van der Waals surface area contributed by atoms with Gasteiger partial charge in [-0.25, -0.2) is 0 Å². The van der Waals surface area contributed by atoms with Crippen LogP contribution in [0, 0.1) is 0 Å². The molecule has 23 heavy (non-hydrogen) atoms. The number of hydrogen-bond donors (Lipinski definition) is 0. The van der Waals surface area contributed by atoms with Crippen LogP contribution in [0.1, 0.15) is 55.4 Å². The van der Waals surface area contributed by atoms with Crippen LogP contribution in [0.15, 0.2) is 68.3 Å². The molecule has 2 rings (SSSR count). The Hall–Kier alpha value is -1.44. The molecule has 0 aromatic carbocycles. The van der Waals surface area contributed by atoms with E-state index in [2.05, 4.69) is 27.7 Å². The van der Waals surface area contributed by atoms with E-state index in [1.54, 1.807) is 0 Å². The zero-order valence-corrected chi connectivity index (χ0v) is 16.4. The molecule has 0 aromatic heterocycles. The van der Waals surface area contributed by atoms with Crippen LogP contribution >= 0.6 is 0 Å². The summed E-state index contributed by atoms with van der Waals surface area (Å²) < 4.78 is 0. The van der Waals surface area contributed by atoms with Crippen molar-refractivity contribution in [2.24, 2.45) is 0 Å². The number of hydrogen-bond acceptors (Lipinski definition) is 2. The van der Waals surface area contributed by atoms with E-state index in [0.717, 1.165) is 46.0 Å². The molecule has 0 unspecified atom stereocenters. The zero-order valence-electron chi connectivity index (χ0n) is 15.3. The van der Waals surface area contributed by atoms with Crippen LogP contribution in [-0.4, -0.2) is 0 Å². The molecule has 2 aliphatic carbocycles. The minimum absolute atomic E-state index is 0. The van der Waals surface area contributed by atoms with Crippen molar-refractivity contribution < 1.29 is 27.3 Å². The predicted molar refractivity (Wildman–Crippen MR) is 89.7 cm³/mol. The van der Waals surface area contributed by atoms with Gasteiger partial charge in [0.05, 0.1) is 0 Å². The van der Waals surface area contributed by atoms with Crippen molar-refractivity contribution in [1.29, 1.82) is 0 Å². The van der Waals surface area contributed by atoms with Gasteiger partial charge < -0.3 is 10.2 Å². The maximum Gasteiger partial charge on any atom is 2.00 e. The quantitative estimate of drug-likeness (QED) is 0.490. The van der Waals surface area contributed by atoms with Crippen LogP contribution in [0.4, 0.5) is 0 Å². The Labute approximate surface area is 151 Å². The van der Waals surface area contributed by atoms with Gasteiger partial charge in [-0.2, -0.15) is 0 Å². The van der Waals surface area contributed by atoms with E-state index in [0.29, 0.717) is 0 Å². The van der Waals surface area contributed by atoms with Gasteiger partial charge in [0.25, 0.3) is 0 Å². The first kappa shape index (κ1) is 21.6.